The van der Waals surface area contributed by atoms with Crippen molar-refractivity contribution in [2.45, 2.75) is 57.8 Å². The zero-order chi connectivity index (χ0) is 30.7. The van der Waals surface area contributed by atoms with Gasteiger partial charge < -0.3 is 13.9 Å². The highest BCUT2D eigenvalue weighted by atomic mass is 19.4. The number of hydrogen-bond acceptors (Lipinski definition) is 6. The van der Waals surface area contributed by atoms with Crippen LogP contribution in [-0.4, -0.2) is 41.2 Å². The molecule has 8 nitrogen and oxygen atoms in total. The maximum atomic E-state index is 13.5. The first-order valence-electron chi connectivity index (χ1n) is 14.6. The van der Waals surface area contributed by atoms with Gasteiger partial charge in [0.15, 0.2) is 11.5 Å². The Kier molecular flexibility index (Phi) is 6.64. The second kappa shape index (κ2) is 10.4. The van der Waals surface area contributed by atoms with Gasteiger partial charge in [-0.3, -0.25) is 0 Å². The quantitative estimate of drug-likeness (QED) is 0.185. The zero-order valence-corrected chi connectivity index (χ0v) is 24.7. The molecule has 1 saturated carbocycles. The van der Waals surface area contributed by atoms with Gasteiger partial charge in [0, 0.05) is 40.7 Å². The summed E-state index contributed by atoms with van der Waals surface area (Å²) in [5.74, 6) is 1.57. The van der Waals surface area contributed by atoms with Crippen LogP contribution in [0.15, 0.2) is 67.3 Å². The fraction of sp³-hybridized carbons (Fsp3) is 0.303. The average molecular weight is 598 g/mol. The fourth-order valence-corrected chi connectivity index (χ4v) is 5.90. The normalized spacial score (nSPS) is 14.5. The predicted octanol–water partition coefficient (Wildman–Crippen LogP) is 8.00. The highest BCUT2D eigenvalue weighted by Gasteiger charge is 2.35. The van der Waals surface area contributed by atoms with Crippen LogP contribution in [0.1, 0.15) is 68.6 Å². The van der Waals surface area contributed by atoms with E-state index in [4.69, 9.17) is 14.7 Å². The number of aromatic nitrogens is 7. The Bertz CT molecular complexity index is 2010. The molecule has 44 heavy (non-hydrogen) atoms. The van der Waals surface area contributed by atoms with Crippen LogP contribution in [0.2, 0.25) is 0 Å². The zero-order valence-electron chi connectivity index (χ0n) is 24.7. The summed E-state index contributed by atoms with van der Waals surface area (Å²) in [5.41, 5.74) is 4.04. The van der Waals surface area contributed by atoms with Crippen molar-refractivity contribution in [3.63, 3.8) is 0 Å². The van der Waals surface area contributed by atoms with E-state index in [2.05, 4.69) is 38.6 Å². The summed E-state index contributed by atoms with van der Waals surface area (Å²) in [5, 5.41) is 1.94. The molecule has 6 aromatic rings. The van der Waals surface area contributed by atoms with E-state index in [0.29, 0.717) is 28.7 Å². The van der Waals surface area contributed by atoms with Gasteiger partial charge in [0.2, 0.25) is 5.88 Å². The Morgan fingerprint density at radius 2 is 1.66 bits per heavy atom. The topological polar surface area (TPSA) is 83.5 Å². The number of rotatable bonds is 7. The molecule has 0 aliphatic heterocycles. The van der Waals surface area contributed by atoms with Crippen molar-refractivity contribution in [3.8, 4) is 28.7 Å². The summed E-state index contributed by atoms with van der Waals surface area (Å²) >= 11 is 0. The first-order valence-corrected chi connectivity index (χ1v) is 14.6. The number of alkyl halides is 3. The third-order valence-corrected chi connectivity index (χ3v) is 8.29. The van der Waals surface area contributed by atoms with E-state index in [0.717, 1.165) is 52.2 Å². The van der Waals surface area contributed by atoms with Crippen molar-refractivity contribution in [1.29, 1.82) is 0 Å². The molecule has 0 radical (unpaired) electrons. The van der Waals surface area contributed by atoms with E-state index in [-0.39, 0.29) is 17.9 Å². The van der Waals surface area contributed by atoms with E-state index < -0.39 is 11.9 Å². The van der Waals surface area contributed by atoms with Crippen LogP contribution >= 0.6 is 0 Å². The van der Waals surface area contributed by atoms with Crippen molar-refractivity contribution in [1.82, 2.24) is 34.1 Å². The standard InChI is InChI=1S/C33H30F3N7O/c1-18(2)42-16-26(33(34,35)36)40-30(42)22-13-9-20(10-14-22)19(3)43-25-8-6-5-7-23(25)24-15-37-29(41-31(24)43)27-28(21-11-12-21)38-17-39-32(27)44-4/h5-10,13-19,21H,11-12H2,1-4H3/t19-/m0/s1. The van der Waals surface area contributed by atoms with Crippen LogP contribution in [0.25, 0.3) is 44.7 Å². The molecule has 4 heterocycles. The largest absolute Gasteiger partial charge is 0.480 e. The molecule has 0 bridgehead atoms. The maximum Gasteiger partial charge on any atom is 0.434 e. The minimum atomic E-state index is -4.52. The van der Waals surface area contributed by atoms with Crippen LogP contribution in [0.5, 0.6) is 5.88 Å². The van der Waals surface area contributed by atoms with Crippen molar-refractivity contribution in [3.05, 3.63) is 84.2 Å². The summed E-state index contributed by atoms with van der Waals surface area (Å²) < 4.78 is 49.8. The van der Waals surface area contributed by atoms with Gasteiger partial charge in [-0.25, -0.2) is 24.9 Å². The second-order valence-electron chi connectivity index (χ2n) is 11.5. The molecule has 11 heteroatoms. The third kappa shape index (κ3) is 4.67. The monoisotopic (exact) mass is 597 g/mol. The smallest absolute Gasteiger partial charge is 0.434 e. The van der Waals surface area contributed by atoms with E-state index in [9.17, 15) is 13.2 Å². The van der Waals surface area contributed by atoms with E-state index in [1.165, 1.54) is 6.33 Å². The van der Waals surface area contributed by atoms with Gasteiger partial charge in [-0.1, -0.05) is 42.5 Å². The Morgan fingerprint density at radius 3 is 2.34 bits per heavy atom. The summed E-state index contributed by atoms with van der Waals surface area (Å²) in [4.78, 5) is 22.7. The summed E-state index contributed by atoms with van der Waals surface area (Å²) in [6.45, 7) is 5.76. The summed E-state index contributed by atoms with van der Waals surface area (Å²) in [7, 11) is 1.58. The molecule has 0 N–H and O–H groups in total. The molecule has 224 valence electrons. The minimum absolute atomic E-state index is 0.165. The SMILES string of the molecule is COc1ncnc(C2CC2)c1-c1ncc2c3ccccc3n([C@@H](C)c3ccc(-c4nc(C(F)(F)F)cn4C(C)C)cc3)c2n1. The first-order chi connectivity index (χ1) is 21.2. The number of halogens is 3. The van der Waals surface area contributed by atoms with E-state index >= 15 is 0 Å². The Morgan fingerprint density at radius 1 is 0.909 bits per heavy atom. The molecule has 1 fully saturated rings. The predicted molar refractivity (Wildman–Crippen MR) is 161 cm³/mol. The second-order valence-corrected chi connectivity index (χ2v) is 11.5. The number of nitrogens with zero attached hydrogens (tertiary/aromatic N) is 7. The molecular weight excluding hydrogens is 567 g/mol. The van der Waals surface area contributed by atoms with Crippen LogP contribution in [0, 0.1) is 0 Å². The average Bonchev–Trinajstić information content (AvgIpc) is 3.67. The number of benzene rings is 2. The van der Waals surface area contributed by atoms with Gasteiger partial charge >= 0.3 is 6.18 Å². The highest BCUT2D eigenvalue weighted by molar-refractivity contribution is 6.06. The number of hydrogen-bond donors (Lipinski definition) is 0. The number of imidazole rings is 1. The van der Waals surface area contributed by atoms with Crippen molar-refractivity contribution in [2.24, 2.45) is 0 Å². The molecule has 1 aliphatic rings. The molecular formula is C33H30F3N7O. The van der Waals surface area contributed by atoms with Crippen molar-refractivity contribution >= 4 is 21.9 Å². The van der Waals surface area contributed by atoms with Gasteiger partial charge in [-0.2, -0.15) is 13.2 Å². The molecule has 1 aliphatic carbocycles. The lowest BCUT2D eigenvalue weighted by Gasteiger charge is -2.18. The van der Waals surface area contributed by atoms with Crippen LogP contribution in [-0.2, 0) is 6.18 Å². The number of methoxy groups -OCH3 is 1. The fourth-order valence-electron chi connectivity index (χ4n) is 5.90. The summed E-state index contributed by atoms with van der Waals surface area (Å²) in [6, 6.07) is 15.3. The van der Waals surface area contributed by atoms with Gasteiger partial charge in [-0.15, -0.1) is 0 Å². The van der Waals surface area contributed by atoms with Gasteiger partial charge in [-0.05, 0) is 45.2 Å². The van der Waals surface area contributed by atoms with Crippen molar-refractivity contribution < 1.29 is 17.9 Å². The molecule has 0 amide bonds. The van der Waals surface area contributed by atoms with Crippen LogP contribution in [0.4, 0.5) is 13.2 Å². The Hall–Kier alpha value is -4.80. The molecule has 0 spiro atoms. The molecule has 2 aromatic carbocycles. The molecule has 7 rings (SSSR count). The van der Waals surface area contributed by atoms with Crippen molar-refractivity contribution in [2.75, 3.05) is 7.11 Å². The lowest BCUT2D eigenvalue weighted by Crippen LogP contribution is -2.09. The number of fused-ring (bicyclic) bond motifs is 3. The number of ether oxygens (including phenoxy) is 1. The lowest BCUT2D eigenvalue weighted by molar-refractivity contribution is -0.140. The minimum Gasteiger partial charge on any atom is -0.480 e. The van der Waals surface area contributed by atoms with E-state index in [1.807, 2.05) is 56.4 Å². The van der Waals surface area contributed by atoms with Crippen LogP contribution in [0.3, 0.4) is 0 Å². The lowest BCUT2D eigenvalue weighted by atomic mass is 10.1. The maximum absolute atomic E-state index is 13.5. The third-order valence-electron chi connectivity index (χ3n) is 8.29. The Balaban J connectivity index is 1.34. The molecule has 0 saturated heterocycles. The summed E-state index contributed by atoms with van der Waals surface area (Å²) in [6.07, 6.45) is 2.03. The van der Waals surface area contributed by atoms with Gasteiger partial charge in [0.25, 0.3) is 0 Å². The molecule has 1 atom stereocenters. The number of para-hydroxylation sites is 1. The van der Waals surface area contributed by atoms with Gasteiger partial charge in [0.1, 0.15) is 23.4 Å². The highest BCUT2D eigenvalue weighted by Crippen LogP contribution is 2.45. The van der Waals surface area contributed by atoms with E-state index in [1.54, 1.807) is 11.7 Å². The molecule has 4 aromatic heterocycles. The van der Waals surface area contributed by atoms with Gasteiger partial charge in [0.05, 0.1) is 24.4 Å². The molecule has 0 unspecified atom stereocenters. The van der Waals surface area contributed by atoms with Crippen LogP contribution < -0.4 is 4.74 Å². The Labute approximate surface area is 251 Å². The first kappa shape index (κ1) is 28.0.